The van der Waals surface area contributed by atoms with Crippen molar-refractivity contribution in [2.75, 3.05) is 5.43 Å². The summed E-state index contributed by atoms with van der Waals surface area (Å²) in [6, 6.07) is 8.06. The van der Waals surface area contributed by atoms with E-state index in [4.69, 9.17) is 5.84 Å². The summed E-state index contributed by atoms with van der Waals surface area (Å²) in [4.78, 5) is 9.67. The zero-order chi connectivity index (χ0) is 13.8. The molecule has 0 atom stereocenters. The molecule has 4 nitrogen and oxygen atoms in total. The minimum atomic E-state index is 0.289. The molecule has 2 rings (SSSR count). The van der Waals surface area contributed by atoms with Crippen molar-refractivity contribution in [3.05, 3.63) is 40.6 Å². The predicted molar refractivity (Wildman–Crippen MR) is 82.2 cm³/mol. The molecule has 1 aromatic heterocycles. The molecule has 0 radical (unpaired) electrons. The molecule has 19 heavy (non-hydrogen) atoms. The van der Waals surface area contributed by atoms with Gasteiger partial charge >= 0.3 is 0 Å². The topological polar surface area (TPSA) is 63.8 Å². The molecular formula is C13H15BrN4S. The summed E-state index contributed by atoms with van der Waals surface area (Å²) in [5.74, 6) is 6.49. The highest BCUT2D eigenvalue weighted by atomic mass is 79.9. The molecular weight excluding hydrogens is 324 g/mol. The largest absolute Gasteiger partial charge is 0.308 e. The smallest absolute Gasteiger partial charge is 0.147 e. The second kappa shape index (κ2) is 6.36. The Bertz CT molecular complexity index is 574. The highest BCUT2D eigenvalue weighted by Gasteiger charge is 2.16. The maximum Gasteiger partial charge on any atom is 0.147 e. The van der Waals surface area contributed by atoms with E-state index in [1.165, 1.54) is 6.33 Å². The fraction of sp³-hybridized carbons (Fsp3) is 0.231. The van der Waals surface area contributed by atoms with Crippen LogP contribution in [0.25, 0.3) is 0 Å². The zero-order valence-electron chi connectivity index (χ0n) is 10.7. The molecule has 100 valence electrons. The number of nitrogens with zero attached hydrogens (tertiary/aromatic N) is 2. The quantitative estimate of drug-likeness (QED) is 0.504. The van der Waals surface area contributed by atoms with Crippen LogP contribution in [0, 0.1) is 0 Å². The maximum absolute atomic E-state index is 5.52. The molecule has 0 aliphatic rings. The standard InChI is InChI=1S/C13H15BrN4S/c1-8(2)11-12(18-15)16-7-17-13(11)19-10-6-4-3-5-9(10)14/h3-8H,15H2,1-2H3,(H,16,17,18). The number of hydrogen-bond donors (Lipinski definition) is 2. The molecule has 0 bridgehead atoms. The van der Waals surface area contributed by atoms with Gasteiger partial charge in [-0.25, -0.2) is 15.8 Å². The van der Waals surface area contributed by atoms with Crippen LogP contribution in [0.4, 0.5) is 5.82 Å². The number of rotatable bonds is 4. The van der Waals surface area contributed by atoms with Crippen molar-refractivity contribution in [1.29, 1.82) is 0 Å². The Kier molecular flexibility index (Phi) is 4.79. The van der Waals surface area contributed by atoms with Crippen molar-refractivity contribution in [1.82, 2.24) is 9.97 Å². The average molecular weight is 339 g/mol. The third-order valence-corrected chi connectivity index (χ3v) is 4.65. The van der Waals surface area contributed by atoms with Gasteiger partial charge in [-0.1, -0.05) is 37.7 Å². The second-order valence-electron chi connectivity index (χ2n) is 4.27. The first-order chi connectivity index (χ1) is 9.13. The lowest BCUT2D eigenvalue weighted by atomic mass is 10.1. The average Bonchev–Trinajstić information content (AvgIpc) is 2.40. The van der Waals surface area contributed by atoms with Gasteiger partial charge in [0, 0.05) is 14.9 Å². The molecule has 0 saturated carbocycles. The summed E-state index contributed by atoms with van der Waals surface area (Å²) in [5.41, 5.74) is 3.67. The molecule has 6 heteroatoms. The van der Waals surface area contributed by atoms with Gasteiger partial charge in [0.05, 0.1) is 0 Å². The fourth-order valence-corrected chi connectivity index (χ4v) is 3.32. The number of nitrogens with two attached hydrogens (primary N) is 1. The van der Waals surface area contributed by atoms with Gasteiger partial charge in [0.1, 0.15) is 17.2 Å². The number of halogens is 1. The predicted octanol–water partition coefficient (Wildman–Crippen LogP) is 3.80. The first kappa shape index (κ1) is 14.3. The number of aromatic nitrogens is 2. The van der Waals surface area contributed by atoms with Crippen LogP contribution in [-0.2, 0) is 0 Å². The second-order valence-corrected chi connectivity index (χ2v) is 6.16. The van der Waals surface area contributed by atoms with E-state index >= 15 is 0 Å². The van der Waals surface area contributed by atoms with Gasteiger partial charge < -0.3 is 5.43 Å². The van der Waals surface area contributed by atoms with E-state index in [0.29, 0.717) is 5.82 Å². The number of nitrogens with one attached hydrogen (secondary N) is 1. The fourth-order valence-electron chi connectivity index (χ4n) is 1.73. The highest BCUT2D eigenvalue weighted by Crippen LogP contribution is 2.37. The monoisotopic (exact) mass is 338 g/mol. The highest BCUT2D eigenvalue weighted by molar-refractivity contribution is 9.10. The molecule has 3 N–H and O–H groups in total. The Labute approximate surface area is 125 Å². The molecule has 2 aromatic rings. The van der Waals surface area contributed by atoms with Crippen LogP contribution < -0.4 is 11.3 Å². The minimum Gasteiger partial charge on any atom is -0.308 e. The Morgan fingerprint density at radius 1 is 1.26 bits per heavy atom. The third-order valence-electron chi connectivity index (χ3n) is 2.60. The summed E-state index contributed by atoms with van der Waals surface area (Å²) in [5, 5.41) is 0.921. The summed E-state index contributed by atoms with van der Waals surface area (Å²) in [6.07, 6.45) is 1.53. The molecule has 0 amide bonds. The Morgan fingerprint density at radius 3 is 2.63 bits per heavy atom. The van der Waals surface area contributed by atoms with E-state index in [1.807, 2.05) is 18.2 Å². The molecule has 1 heterocycles. The van der Waals surface area contributed by atoms with Crippen molar-refractivity contribution in [3.8, 4) is 0 Å². The van der Waals surface area contributed by atoms with E-state index in [1.54, 1.807) is 11.8 Å². The molecule has 1 aromatic carbocycles. The lowest BCUT2D eigenvalue weighted by Gasteiger charge is -2.15. The molecule has 0 saturated heterocycles. The van der Waals surface area contributed by atoms with Gasteiger partial charge in [-0.15, -0.1) is 0 Å². The first-order valence-electron chi connectivity index (χ1n) is 5.87. The van der Waals surface area contributed by atoms with E-state index in [2.05, 4.69) is 51.2 Å². The lowest BCUT2D eigenvalue weighted by molar-refractivity contribution is 0.804. The third kappa shape index (κ3) is 3.26. The van der Waals surface area contributed by atoms with Crippen LogP contribution in [-0.4, -0.2) is 9.97 Å². The summed E-state index contributed by atoms with van der Waals surface area (Å²) in [6.45, 7) is 4.20. The molecule has 0 unspecified atom stereocenters. The Balaban J connectivity index is 2.43. The number of hydrazine groups is 1. The lowest BCUT2D eigenvalue weighted by Crippen LogP contribution is -2.13. The van der Waals surface area contributed by atoms with Crippen molar-refractivity contribution in [2.45, 2.75) is 29.7 Å². The summed E-state index contributed by atoms with van der Waals surface area (Å²) >= 11 is 5.15. The minimum absolute atomic E-state index is 0.289. The number of anilines is 1. The van der Waals surface area contributed by atoms with Crippen LogP contribution in [0.15, 0.2) is 45.0 Å². The van der Waals surface area contributed by atoms with Crippen molar-refractivity contribution in [2.24, 2.45) is 5.84 Å². The van der Waals surface area contributed by atoms with Crippen LogP contribution >= 0.6 is 27.7 Å². The molecule has 0 spiro atoms. The van der Waals surface area contributed by atoms with E-state index < -0.39 is 0 Å². The summed E-state index contributed by atoms with van der Waals surface area (Å²) in [7, 11) is 0. The van der Waals surface area contributed by atoms with Crippen LogP contribution in [0.1, 0.15) is 25.3 Å². The van der Waals surface area contributed by atoms with E-state index in [9.17, 15) is 0 Å². The van der Waals surface area contributed by atoms with Crippen LogP contribution in [0.5, 0.6) is 0 Å². The van der Waals surface area contributed by atoms with Crippen LogP contribution in [0.2, 0.25) is 0 Å². The number of hydrogen-bond acceptors (Lipinski definition) is 5. The normalized spacial score (nSPS) is 10.8. The van der Waals surface area contributed by atoms with Gasteiger partial charge in [0.2, 0.25) is 0 Å². The maximum atomic E-state index is 5.52. The van der Waals surface area contributed by atoms with E-state index in [0.717, 1.165) is 20.0 Å². The number of benzene rings is 1. The first-order valence-corrected chi connectivity index (χ1v) is 7.48. The molecule has 0 aliphatic carbocycles. The molecule has 0 fully saturated rings. The molecule has 0 aliphatic heterocycles. The zero-order valence-corrected chi connectivity index (χ0v) is 13.1. The van der Waals surface area contributed by atoms with Gasteiger partial charge in [0.25, 0.3) is 0 Å². The van der Waals surface area contributed by atoms with Gasteiger partial charge in [-0.3, -0.25) is 0 Å². The van der Waals surface area contributed by atoms with Crippen LogP contribution in [0.3, 0.4) is 0 Å². The van der Waals surface area contributed by atoms with Gasteiger partial charge in [-0.2, -0.15) is 0 Å². The Hall–Kier alpha value is -1.11. The van der Waals surface area contributed by atoms with E-state index in [-0.39, 0.29) is 5.92 Å². The van der Waals surface area contributed by atoms with Crippen molar-refractivity contribution in [3.63, 3.8) is 0 Å². The number of nitrogen functional groups attached to an aromatic ring is 1. The van der Waals surface area contributed by atoms with Gasteiger partial charge in [0.15, 0.2) is 0 Å². The van der Waals surface area contributed by atoms with Crippen molar-refractivity contribution >= 4 is 33.5 Å². The SMILES string of the molecule is CC(C)c1c(NN)ncnc1Sc1ccccc1Br. The van der Waals surface area contributed by atoms with Crippen molar-refractivity contribution < 1.29 is 0 Å². The summed E-state index contributed by atoms with van der Waals surface area (Å²) < 4.78 is 1.05. The van der Waals surface area contributed by atoms with Gasteiger partial charge in [-0.05, 0) is 34.0 Å². The Morgan fingerprint density at radius 2 is 2.00 bits per heavy atom.